The van der Waals surface area contributed by atoms with Crippen LogP contribution in [0.25, 0.3) is 0 Å². The molecule has 1 rings (SSSR count). The van der Waals surface area contributed by atoms with Crippen molar-refractivity contribution >= 4 is 15.9 Å². The molecule has 0 amide bonds. The molecule has 1 atom stereocenters. The molecule has 0 aliphatic carbocycles. The molecule has 0 bridgehead atoms. The number of aromatic nitrogens is 2. The molecule has 0 radical (unpaired) electrons. The van der Waals surface area contributed by atoms with Crippen LogP contribution in [0.5, 0.6) is 0 Å². The maximum Gasteiger partial charge on any atom is 0.101 e. The van der Waals surface area contributed by atoms with E-state index >= 15 is 0 Å². The van der Waals surface area contributed by atoms with Gasteiger partial charge in [0, 0.05) is 14.2 Å². The maximum atomic E-state index is 5.49. The van der Waals surface area contributed by atoms with Gasteiger partial charge in [0.1, 0.15) is 6.10 Å². The van der Waals surface area contributed by atoms with Crippen molar-refractivity contribution in [1.29, 1.82) is 0 Å². The van der Waals surface area contributed by atoms with Gasteiger partial charge in [-0.3, -0.25) is 4.68 Å². The first-order valence-corrected chi connectivity index (χ1v) is 4.90. The third-order valence-corrected chi connectivity index (χ3v) is 2.57. The zero-order chi connectivity index (χ0) is 9.84. The normalized spacial score (nSPS) is 13.2. The van der Waals surface area contributed by atoms with Crippen LogP contribution in [0.3, 0.4) is 0 Å². The average molecular weight is 248 g/mol. The van der Waals surface area contributed by atoms with Gasteiger partial charge in [0.2, 0.25) is 0 Å². The third-order valence-electron chi connectivity index (χ3n) is 1.96. The van der Waals surface area contributed by atoms with Crippen LogP contribution >= 0.6 is 15.9 Å². The van der Waals surface area contributed by atoms with Crippen molar-refractivity contribution in [3.05, 3.63) is 16.4 Å². The summed E-state index contributed by atoms with van der Waals surface area (Å²) in [5.41, 5.74) is 6.52. The number of nitrogens with zero attached hydrogens (tertiary/aromatic N) is 2. The molecule has 5 heteroatoms. The average Bonchev–Trinajstić information content (AvgIpc) is 2.43. The SMILES string of the molecule is COC(CCN)c1c(Br)cnn1C. The smallest absolute Gasteiger partial charge is 0.101 e. The van der Waals surface area contributed by atoms with Crippen molar-refractivity contribution in [1.82, 2.24) is 9.78 Å². The second-order valence-electron chi connectivity index (χ2n) is 2.80. The molecule has 0 aliphatic rings. The molecule has 13 heavy (non-hydrogen) atoms. The van der Waals surface area contributed by atoms with Crippen LogP contribution in [0, 0.1) is 0 Å². The molecule has 1 heterocycles. The first kappa shape index (κ1) is 10.7. The van der Waals surface area contributed by atoms with E-state index in [-0.39, 0.29) is 6.10 Å². The van der Waals surface area contributed by atoms with E-state index in [0.717, 1.165) is 16.6 Å². The Morgan fingerprint density at radius 3 is 2.85 bits per heavy atom. The molecule has 2 N–H and O–H groups in total. The molecule has 0 fully saturated rings. The van der Waals surface area contributed by atoms with E-state index in [2.05, 4.69) is 21.0 Å². The summed E-state index contributed by atoms with van der Waals surface area (Å²) in [7, 11) is 3.57. The molecule has 0 aromatic carbocycles. The van der Waals surface area contributed by atoms with Crippen LogP contribution in [0.1, 0.15) is 18.2 Å². The number of halogens is 1. The van der Waals surface area contributed by atoms with E-state index in [9.17, 15) is 0 Å². The van der Waals surface area contributed by atoms with Crippen LogP contribution in [0.15, 0.2) is 10.7 Å². The Balaban J connectivity index is 2.89. The predicted molar refractivity (Wildman–Crippen MR) is 54.3 cm³/mol. The summed E-state index contributed by atoms with van der Waals surface area (Å²) in [5, 5.41) is 4.12. The van der Waals surface area contributed by atoms with Gasteiger partial charge in [-0.1, -0.05) is 0 Å². The number of nitrogens with two attached hydrogens (primary N) is 1. The van der Waals surface area contributed by atoms with Crippen LogP contribution in [0.4, 0.5) is 0 Å². The molecular formula is C8H14BrN3O. The minimum absolute atomic E-state index is 0.0203. The van der Waals surface area contributed by atoms with Crippen molar-refractivity contribution in [2.24, 2.45) is 12.8 Å². The van der Waals surface area contributed by atoms with Crippen LogP contribution in [-0.4, -0.2) is 23.4 Å². The topological polar surface area (TPSA) is 53.1 Å². The molecular weight excluding hydrogens is 234 g/mol. The highest BCUT2D eigenvalue weighted by molar-refractivity contribution is 9.10. The van der Waals surface area contributed by atoms with E-state index in [1.54, 1.807) is 18.0 Å². The molecule has 0 saturated carbocycles. The molecule has 74 valence electrons. The highest BCUT2D eigenvalue weighted by Gasteiger charge is 2.17. The lowest BCUT2D eigenvalue weighted by Gasteiger charge is -2.15. The number of aryl methyl sites for hydroxylation is 1. The van der Waals surface area contributed by atoms with Gasteiger partial charge >= 0.3 is 0 Å². The quantitative estimate of drug-likeness (QED) is 0.871. The highest BCUT2D eigenvalue weighted by Crippen LogP contribution is 2.26. The van der Waals surface area contributed by atoms with Crippen LogP contribution in [-0.2, 0) is 11.8 Å². The second kappa shape index (κ2) is 4.74. The number of methoxy groups -OCH3 is 1. The number of hydrogen-bond donors (Lipinski definition) is 1. The van der Waals surface area contributed by atoms with Crippen molar-refractivity contribution in [3.8, 4) is 0 Å². The second-order valence-corrected chi connectivity index (χ2v) is 3.66. The lowest BCUT2D eigenvalue weighted by Crippen LogP contribution is -2.13. The molecule has 1 unspecified atom stereocenters. The van der Waals surface area contributed by atoms with Crippen molar-refractivity contribution in [3.63, 3.8) is 0 Å². The Kier molecular flexibility index (Phi) is 3.90. The third kappa shape index (κ3) is 2.30. The van der Waals surface area contributed by atoms with Crippen molar-refractivity contribution < 1.29 is 4.74 Å². The predicted octanol–water partition coefficient (Wildman–Crippen LogP) is 1.22. The van der Waals surface area contributed by atoms with Gasteiger partial charge in [0.05, 0.1) is 16.4 Å². The van der Waals surface area contributed by atoms with Crippen LogP contribution in [0.2, 0.25) is 0 Å². The first-order chi connectivity index (χ1) is 6.20. The Morgan fingerprint density at radius 1 is 1.77 bits per heavy atom. The van der Waals surface area contributed by atoms with Gasteiger partial charge in [0.25, 0.3) is 0 Å². The van der Waals surface area contributed by atoms with Gasteiger partial charge in [-0.2, -0.15) is 5.10 Å². The Bertz CT molecular complexity index is 255. The van der Waals surface area contributed by atoms with Gasteiger partial charge in [-0.05, 0) is 28.9 Å². The van der Waals surface area contributed by atoms with E-state index in [1.165, 1.54) is 0 Å². The van der Waals surface area contributed by atoms with Gasteiger partial charge in [-0.15, -0.1) is 0 Å². The fourth-order valence-electron chi connectivity index (χ4n) is 1.30. The van der Waals surface area contributed by atoms with Crippen molar-refractivity contribution in [2.45, 2.75) is 12.5 Å². The minimum Gasteiger partial charge on any atom is -0.375 e. The fourth-order valence-corrected chi connectivity index (χ4v) is 1.90. The minimum atomic E-state index is 0.0203. The molecule has 4 nitrogen and oxygen atoms in total. The summed E-state index contributed by atoms with van der Waals surface area (Å²) in [4.78, 5) is 0. The summed E-state index contributed by atoms with van der Waals surface area (Å²) >= 11 is 3.42. The summed E-state index contributed by atoms with van der Waals surface area (Å²) in [6, 6.07) is 0. The molecule has 1 aromatic heterocycles. The van der Waals surface area contributed by atoms with Crippen LogP contribution < -0.4 is 5.73 Å². The zero-order valence-electron chi connectivity index (χ0n) is 7.83. The number of rotatable bonds is 4. The summed E-state index contributed by atoms with van der Waals surface area (Å²) in [5.74, 6) is 0. The zero-order valence-corrected chi connectivity index (χ0v) is 9.41. The fraction of sp³-hybridized carbons (Fsp3) is 0.625. The number of hydrogen-bond acceptors (Lipinski definition) is 3. The largest absolute Gasteiger partial charge is 0.375 e. The van der Waals surface area contributed by atoms with Gasteiger partial charge in [0.15, 0.2) is 0 Å². The Labute approximate surface area is 86.2 Å². The molecule has 0 aliphatic heterocycles. The molecule has 1 aromatic rings. The Morgan fingerprint density at radius 2 is 2.46 bits per heavy atom. The van der Waals surface area contributed by atoms with E-state index in [0.29, 0.717) is 6.54 Å². The molecule has 0 saturated heterocycles. The van der Waals surface area contributed by atoms with Gasteiger partial charge in [-0.25, -0.2) is 0 Å². The lowest BCUT2D eigenvalue weighted by atomic mass is 10.2. The Hall–Kier alpha value is -0.390. The summed E-state index contributed by atoms with van der Waals surface area (Å²) in [6.07, 6.45) is 2.58. The molecule has 0 spiro atoms. The summed E-state index contributed by atoms with van der Waals surface area (Å²) < 4.78 is 8.09. The first-order valence-electron chi connectivity index (χ1n) is 4.11. The van der Waals surface area contributed by atoms with Crippen molar-refractivity contribution in [2.75, 3.05) is 13.7 Å². The van der Waals surface area contributed by atoms with E-state index in [1.807, 2.05) is 7.05 Å². The lowest BCUT2D eigenvalue weighted by molar-refractivity contribution is 0.0903. The summed E-state index contributed by atoms with van der Waals surface area (Å²) in [6.45, 7) is 0.607. The maximum absolute atomic E-state index is 5.49. The highest BCUT2D eigenvalue weighted by atomic mass is 79.9. The van der Waals surface area contributed by atoms with E-state index < -0.39 is 0 Å². The number of ether oxygens (including phenoxy) is 1. The van der Waals surface area contributed by atoms with Gasteiger partial charge < -0.3 is 10.5 Å². The standard InChI is InChI=1S/C8H14BrN3O/c1-12-8(6(9)5-11-12)7(13-2)3-4-10/h5,7H,3-4,10H2,1-2H3. The monoisotopic (exact) mass is 247 g/mol. The van der Waals surface area contributed by atoms with E-state index in [4.69, 9.17) is 10.5 Å².